The van der Waals surface area contributed by atoms with Gasteiger partial charge in [0.1, 0.15) is 11.6 Å². The van der Waals surface area contributed by atoms with Gasteiger partial charge in [0.05, 0.1) is 12.1 Å². The molecule has 1 aromatic carbocycles. The number of likely N-dealkylation sites (N-methyl/N-ethyl adjacent to an activating group) is 1. The molecule has 0 bridgehead atoms. The topological polar surface area (TPSA) is 21.3 Å². The molecular formula is C15H23F2NO. The van der Waals surface area contributed by atoms with Crippen LogP contribution in [0.15, 0.2) is 18.2 Å². The monoisotopic (exact) mass is 271 g/mol. The molecular weight excluding hydrogens is 248 g/mol. The van der Waals surface area contributed by atoms with Gasteiger partial charge in [-0.05, 0) is 26.0 Å². The van der Waals surface area contributed by atoms with E-state index in [0.717, 1.165) is 18.9 Å². The van der Waals surface area contributed by atoms with Crippen molar-refractivity contribution in [1.29, 1.82) is 0 Å². The molecule has 0 fully saturated rings. The van der Waals surface area contributed by atoms with E-state index in [2.05, 4.69) is 12.2 Å². The van der Waals surface area contributed by atoms with Gasteiger partial charge in [-0.3, -0.25) is 0 Å². The third kappa shape index (κ3) is 4.55. The van der Waals surface area contributed by atoms with Crippen LogP contribution in [0, 0.1) is 11.6 Å². The maximum Gasteiger partial charge on any atom is 0.130 e. The third-order valence-electron chi connectivity index (χ3n) is 3.05. The molecule has 2 unspecified atom stereocenters. The zero-order valence-corrected chi connectivity index (χ0v) is 11.9. The van der Waals surface area contributed by atoms with Crippen molar-refractivity contribution in [3.63, 3.8) is 0 Å². The van der Waals surface area contributed by atoms with Gasteiger partial charge in [-0.25, -0.2) is 8.78 Å². The first-order valence-electron chi connectivity index (χ1n) is 6.93. The summed E-state index contributed by atoms with van der Waals surface area (Å²) in [4.78, 5) is 0. The second-order valence-corrected chi connectivity index (χ2v) is 4.48. The van der Waals surface area contributed by atoms with Gasteiger partial charge >= 0.3 is 0 Å². The molecule has 1 aromatic rings. The maximum absolute atomic E-state index is 13.9. The molecule has 0 amide bonds. The molecule has 0 radical (unpaired) electrons. The minimum atomic E-state index is -0.556. The van der Waals surface area contributed by atoms with Crippen LogP contribution in [0.2, 0.25) is 0 Å². The van der Waals surface area contributed by atoms with Crippen LogP contribution in [0.25, 0.3) is 0 Å². The Kier molecular flexibility index (Phi) is 6.95. The Balaban J connectivity index is 3.02. The van der Waals surface area contributed by atoms with Crippen molar-refractivity contribution in [3.05, 3.63) is 35.4 Å². The van der Waals surface area contributed by atoms with Crippen LogP contribution in [0.1, 0.15) is 45.2 Å². The van der Waals surface area contributed by atoms with E-state index in [0.29, 0.717) is 18.7 Å². The molecule has 1 N–H and O–H groups in total. The lowest BCUT2D eigenvalue weighted by Gasteiger charge is -2.28. The van der Waals surface area contributed by atoms with Gasteiger partial charge in [0.15, 0.2) is 0 Å². The summed E-state index contributed by atoms with van der Waals surface area (Å²) < 4.78 is 32.6. The number of hydrogen-bond acceptors (Lipinski definition) is 2. The first-order valence-corrected chi connectivity index (χ1v) is 6.93. The van der Waals surface area contributed by atoms with Gasteiger partial charge in [0, 0.05) is 18.2 Å². The standard InChI is InChI=1S/C15H23F2NO/c1-4-7-14(19-6-3)15(18-5-2)12-9-8-11(16)10-13(12)17/h8-10,14-15,18H,4-7H2,1-3H3. The second kappa shape index (κ2) is 8.23. The number of rotatable bonds is 8. The molecule has 2 nitrogen and oxygen atoms in total. The van der Waals surface area contributed by atoms with Gasteiger partial charge < -0.3 is 10.1 Å². The Labute approximate surface area is 114 Å². The molecule has 108 valence electrons. The molecule has 2 atom stereocenters. The average molecular weight is 271 g/mol. The fraction of sp³-hybridized carbons (Fsp3) is 0.600. The van der Waals surface area contributed by atoms with Crippen LogP contribution in [0.4, 0.5) is 8.78 Å². The molecule has 0 saturated carbocycles. The highest BCUT2D eigenvalue weighted by Gasteiger charge is 2.25. The Morgan fingerprint density at radius 3 is 2.47 bits per heavy atom. The minimum Gasteiger partial charge on any atom is -0.377 e. The van der Waals surface area contributed by atoms with Crippen LogP contribution in [0.5, 0.6) is 0 Å². The predicted octanol–water partition coefficient (Wildman–Crippen LogP) is 3.82. The van der Waals surface area contributed by atoms with Crippen LogP contribution < -0.4 is 5.32 Å². The summed E-state index contributed by atoms with van der Waals surface area (Å²) in [6.45, 7) is 7.23. The average Bonchev–Trinajstić information content (AvgIpc) is 2.37. The number of nitrogens with one attached hydrogen (secondary N) is 1. The first kappa shape index (κ1) is 16.1. The van der Waals surface area contributed by atoms with E-state index in [-0.39, 0.29) is 12.1 Å². The van der Waals surface area contributed by atoms with Crippen LogP contribution >= 0.6 is 0 Å². The lowest BCUT2D eigenvalue weighted by Crippen LogP contribution is -2.34. The zero-order valence-electron chi connectivity index (χ0n) is 11.9. The van der Waals surface area contributed by atoms with Crippen molar-refractivity contribution in [1.82, 2.24) is 5.32 Å². The summed E-state index contributed by atoms with van der Waals surface area (Å²) in [5, 5.41) is 3.24. The van der Waals surface area contributed by atoms with Gasteiger partial charge in [0.2, 0.25) is 0 Å². The predicted molar refractivity (Wildman–Crippen MR) is 73.1 cm³/mol. The molecule has 19 heavy (non-hydrogen) atoms. The van der Waals surface area contributed by atoms with Crippen LogP contribution in [0.3, 0.4) is 0 Å². The molecule has 1 rings (SSSR count). The largest absolute Gasteiger partial charge is 0.377 e. The molecule has 0 aliphatic heterocycles. The second-order valence-electron chi connectivity index (χ2n) is 4.48. The normalized spacial score (nSPS) is 14.4. The Morgan fingerprint density at radius 2 is 1.95 bits per heavy atom. The molecule has 4 heteroatoms. The van der Waals surface area contributed by atoms with E-state index >= 15 is 0 Å². The SMILES string of the molecule is CCCC(OCC)C(NCC)c1ccc(F)cc1F. The van der Waals surface area contributed by atoms with Gasteiger partial charge in [-0.2, -0.15) is 0 Å². The van der Waals surface area contributed by atoms with Crippen LogP contribution in [-0.2, 0) is 4.74 Å². The van der Waals surface area contributed by atoms with E-state index < -0.39 is 11.6 Å². The fourth-order valence-corrected chi connectivity index (χ4v) is 2.26. The summed E-state index contributed by atoms with van der Waals surface area (Å²) in [7, 11) is 0. The number of ether oxygens (including phenoxy) is 1. The zero-order chi connectivity index (χ0) is 14.3. The van der Waals surface area contributed by atoms with Crippen molar-refractivity contribution < 1.29 is 13.5 Å². The lowest BCUT2D eigenvalue weighted by molar-refractivity contribution is 0.0271. The van der Waals surface area contributed by atoms with Crippen molar-refractivity contribution in [2.75, 3.05) is 13.2 Å². The number of benzene rings is 1. The summed E-state index contributed by atoms with van der Waals surface area (Å²) in [6.07, 6.45) is 1.69. The smallest absolute Gasteiger partial charge is 0.130 e. The highest BCUT2D eigenvalue weighted by Crippen LogP contribution is 2.25. The maximum atomic E-state index is 13.9. The molecule has 0 aliphatic rings. The molecule has 0 spiro atoms. The molecule has 0 heterocycles. The summed E-state index contributed by atoms with van der Waals surface area (Å²) in [6, 6.07) is 3.47. The highest BCUT2D eigenvalue weighted by atomic mass is 19.1. The Bertz CT molecular complexity index is 378. The third-order valence-corrected chi connectivity index (χ3v) is 3.05. The lowest BCUT2D eigenvalue weighted by atomic mass is 9.97. The van der Waals surface area contributed by atoms with E-state index in [9.17, 15) is 8.78 Å². The molecule has 0 aliphatic carbocycles. The van der Waals surface area contributed by atoms with Crippen molar-refractivity contribution in [2.24, 2.45) is 0 Å². The highest BCUT2D eigenvalue weighted by molar-refractivity contribution is 5.23. The minimum absolute atomic E-state index is 0.102. The quantitative estimate of drug-likeness (QED) is 0.776. The van der Waals surface area contributed by atoms with Crippen molar-refractivity contribution in [2.45, 2.75) is 45.8 Å². The Hall–Kier alpha value is -1.00. The van der Waals surface area contributed by atoms with Gasteiger partial charge in [-0.15, -0.1) is 0 Å². The van der Waals surface area contributed by atoms with Gasteiger partial charge in [0.25, 0.3) is 0 Å². The van der Waals surface area contributed by atoms with Crippen LogP contribution in [-0.4, -0.2) is 19.3 Å². The van der Waals surface area contributed by atoms with Gasteiger partial charge in [-0.1, -0.05) is 26.3 Å². The van der Waals surface area contributed by atoms with E-state index in [1.807, 2.05) is 13.8 Å². The molecule has 0 saturated heterocycles. The summed E-state index contributed by atoms with van der Waals surface area (Å²) in [5.74, 6) is -1.08. The van der Waals surface area contributed by atoms with Crippen molar-refractivity contribution in [3.8, 4) is 0 Å². The first-order chi connectivity index (χ1) is 9.13. The van der Waals surface area contributed by atoms with Crippen molar-refractivity contribution >= 4 is 0 Å². The summed E-state index contributed by atoms with van der Waals surface area (Å²) in [5.41, 5.74) is 0.468. The van der Waals surface area contributed by atoms with E-state index in [4.69, 9.17) is 4.74 Å². The molecule has 0 aromatic heterocycles. The van der Waals surface area contributed by atoms with E-state index in [1.165, 1.54) is 12.1 Å². The van der Waals surface area contributed by atoms with E-state index in [1.54, 1.807) is 0 Å². The number of hydrogen-bond donors (Lipinski definition) is 1. The number of halogens is 2. The fourth-order valence-electron chi connectivity index (χ4n) is 2.26. The Morgan fingerprint density at radius 1 is 1.21 bits per heavy atom. The summed E-state index contributed by atoms with van der Waals surface area (Å²) >= 11 is 0.